The second-order valence-electron chi connectivity index (χ2n) is 4.96. The maximum absolute atomic E-state index is 3.64. The van der Waals surface area contributed by atoms with Crippen molar-refractivity contribution in [1.29, 1.82) is 0 Å². The predicted molar refractivity (Wildman–Crippen MR) is 56.8 cm³/mol. The highest BCUT2D eigenvalue weighted by Crippen LogP contribution is 2.28. The molecule has 1 N–H and O–H groups in total. The summed E-state index contributed by atoms with van der Waals surface area (Å²) in [5, 5.41) is 3.64. The highest BCUT2D eigenvalue weighted by Gasteiger charge is 2.21. The van der Waals surface area contributed by atoms with E-state index in [1.807, 2.05) is 0 Å². The van der Waals surface area contributed by atoms with Gasteiger partial charge < -0.3 is 5.32 Å². The van der Waals surface area contributed by atoms with Gasteiger partial charge in [-0.05, 0) is 50.6 Å². The molecule has 0 atom stereocenters. The average Bonchev–Trinajstić information content (AvgIpc) is 2.91. The van der Waals surface area contributed by atoms with Gasteiger partial charge in [-0.15, -0.1) is 0 Å². The van der Waals surface area contributed by atoms with Crippen LogP contribution in [0.1, 0.15) is 51.4 Å². The molecule has 0 heterocycles. The van der Waals surface area contributed by atoms with E-state index in [9.17, 15) is 0 Å². The van der Waals surface area contributed by atoms with Gasteiger partial charge in [0.25, 0.3) is 0 Å². The Morgan fingerprint density at radius 1 is 0.692 bits per heavy atom. The van der Waals surface area contributed by atoms with Crippen LogP contribution >= 0.6 is 0 Å². The number of hydrogen-bond acceptors (Lipinski definition) is 1. The summed E-state index contributed by atoms with van der Waals surface area (Å²) in [5.41, 5.74) is 0. The fourth-order valence-corrected chi connectivity index (χ4v) is 2.38. The quantitative estimate of drug-likeness (QED) is 0.657. The molecule has 0 saturated heterocycles. The van der Waals surface area contributed by atoms with Crippen LogP contribution in [0.15, 0.2) is 0 Å². The van der Waals surface area contributed by atoms with E-state index in [2.05, 4.69) is 5.32 Å². The number of rotatable bonds is 4. The Morgan fingerprint density at radius 3 is 1.77 bits per heavy atom. The van der Waals surface area contributed by atoms with Gasteiger partial charge in [0.1, 0.15) is 0 Å². The Bertz CT molecular complexity index is 132. The summed E-state index contributed by atoms with van der Waals surface area (Å²) >= 11 is 0. The third-order valence-corrected chi connectivity index (χ3v) is 3.54. The molecular formula is C12H23N. The Balaban J connectivity index is 1.55. The van der Waals surface area contributed by atoms with Gasteiger partial charge in [-0.3, -0.25) is 0 Å². The first-order chi connectivity index (χ1) is 6.45. The monoisotopic (exact) mass is 181 g/mol. The highest BCUT2D eigenvalue weighted by atomic mass is 14.9. The molecule has 0 radical (unpaired) electrons. The molecule has 0 aliphatic heterocycles. The van der Waals surface area contributed by atoms with Gasteiger partial charge >= 0.3 is 0 Å². The molecule has 0 unspecified atom stereocenters. The van der Waals surface area contributed by atoms with Gasteiger partial charge in [0, 0.05) is 0 Å². The van der Waals surface area contributed by atoms with Gasteiger partial charge in [-0.25, -0.2) is 0 Å². The molecule has 1 heteroatoms. The molecule has 0 aromatic rings. The van der Waals surface area contributed by atoms with Crippen LogP contribution in [-0.2, 0) is 0 Å². The Kier molecular flexibility index (Phi) is 3.65. The van der Waals surface area contributed by atoms with E-state index in [1.54, 1.807) is 0 Å². The zero-order chi connectivity index (χ0) is 8.93. The van der Waals surface area contributed by atoms with Crippen molar-refractivity contribution in [3.63, 3.8) is 0 Å². The van der Waals surface area contributed by atoms with Crippen molar-refractivity contribution in [3.8, 4) is 0 Å². The number of hydrogen-bond donors (Lipinski definition) is 1. The molecule has 1 nitrogen and oxygen atoms in total. The van der Waals surface area contributed by atoms with Crippen molar-refractivity contribution < 1.29 is 0 Å². The van der Waals surface area contributed by atoms with Crippen LogP contribution in [0.4, 0.5) is 0 Å². The SMILES string of the molecule is C1CCCC(CNCC2CC2)CC1. The van der Waals surface area contributed by atoms with Crippen LogP contribution < -0.4 is 5.32 Å². The van der Waals surface area contributed by atoms with Gasteiger partial charge in [-0.1, -0.05) is 25.7 Å². The lowest BCUT2D eigenvalue weighted by Gasteiger charge is -2.14. The number of nitrogens with one attached hydrogen (secondary N) is 1. The minimum Gasteiger partial charge on any atom is -0.316 e. The van der Waals surface area contributed by atoms with Crippen molar-refractivity contribution >= 4 is 0 Å². The van der Waals surface area contributed by atoms with Crippen molar-refractivity contribution in [2.75, 3.05) is 13.1 Å². The second-order valence-corrected chi connectivity index (χ2v) is 4.96. The summed E-state index contributed by atoms with van der Waals surface area (Å²) in [4.78, 5) is 0. The van der Waals surface area contributed by atoms with E-state index in [-0.39, 0.29) is 0 Å². The lowest BCUT2D eigenvalue weighted by atomic mass is 10.0. The molecule has 0 bridgehead atoms. The third kappa shape index (κ3) is 3.68. The first kappa shape index (κ1) is 9.51. The standard InChI is InChI=1S/C12H23N/c1-2-4-6-11(5-3-1)9-13-10-12-7-8-12/h11-13H,1-10H2. The van der Waals surface area contributed by atoms with Crippen LogP contribution in [0.2, 0.25) is 0 Å². The largest absolute Gasteiger partial charge is 0.316 e. The summed E-state index contributed by atoms with van der Waals surface area (Å²) in [6.07, 6.45) is 11.9. The first-order valence-corrected chi connectivity index (χ1v) is 6.16. The van der Waals surface area contributed by atoms with Crippen LogP contribution in [0, 0.1) is 11.8 Å². The zero-order valence-corrected chi connectivity index (χ0v) is 8.73. The average molecular weight is 181 g/mol. The molecule has 0 aromatic heterocycles. The molecule has 2 saturated carbocycles. The normalized spacial score (nSPS) is 25.8. The fourth-order valence-electron chi connectivity index (χ4n) is 2.38. The van der Waals surface area contributed by atoms with Gasteiger partial charge in [-0.2, -0.15) is 0 Å². The summed E-state index contributed by atoms with van der Waals surface area (Å²) < 4.78 is 0. The van der Waals surface area contributed by atoms with E-state index >= 15 is 0 Å². The molecule has 13 heavy (non-hydrogen) atoms. The lowest BCUT2D eigenvalue weighted by Crippen LogP contribution is -2.24. The molecule has 2 aliphatic rings. The molecule has 0 aromatic carbocycles. The van der Waals surface area contributed by atoms with Crippen molar-refractivity contribution in [1.82, 2.24) is 5.32 Å². The predicted octanol–water partition coefficient (Wildman–Crippen LogP) is 2.96. The first-order valence-electron chi connectivity index (χ1n) is 6.16. The van der Waals surface area contributed by atoms with Crippen LogP contribution in [0.25, 0.3) is 0 Å². The second kappa shape index (κ2) is 4.99. The molecule has 2 aliphatic carbocycles. The molecule has 0 spiro atoms. The minimum absolute atomic E-state index is 1.00. The van der Waals surface area contributed by atoms with Crippen molar-refractivity contribution in [2.24, 2.45) is 11.8 Å². The Labute approximate surface area is 82.3 Å². The van der Waals surface area contributed by atoms with Crippen molar-refractivity contribution in [3.05, 3.63) is 0 Å². The summed E-state index contributed by atoms with van der Waals surface area (Å²) in [7, 11) is 0. The fraction of sp³-hybridized carbons (Fsp3) is 1.00. The van der Waals surface area contributed by atoms with E-state index in [0.717, 1.165) is 11.8 Å². The molecule has 2 fully saturated rings. The summed E-state index contributed by atoms with van der Waals surface area (Å²) in [5.74, 6) is 2.05. The van der Waals surface area contributed by atoms with Crippen LogP contribution in [-0.4, -0.2) is 13.1 Å². The van der Waals surface area contributed by atoms with Gasteiger partial charge in [0.2, 0.25) is 0 Å². The smallest absolute Gasteiger partial charge is 0.00204 e. The molecule has 76 valence electrons. The summed E-state index contributed by atoms with van der Waals surface area (Å²) in [6, 6.07) is 0. The van der Waals surface area contributed by atoms with E-state index in [4.69, 9.17) is 0 Å². The zero-order valence-electron chi connectivity index (χ0n) is 8.73. The third-order valence-electron chi connectivity index (χ3n) is 3.54. The van der Waals surface area contributed by atoms with E-state index < -0.39 is 0 Å². The van der Waals surface area contributed by atoms with Gasteiger partial charge in [0.15, 0.2) is 0 Å². The highest BCUT2D eigenvalue weighted by molar-refractivity contribution is 4.76. The maximum atomic E-state index is 3.64. The van der Waals surface area contributed by atoms with Crippen LogP contribution in [0.3, 0.4) is 0 Å². The van der Waals surface area contributed by atoms with E-state index in [0.29, 0.717) is 0 Å². The topological polar surface area (TPSA) is 12.0 Å². The molecule has 2 rings (SSSR count). The lowest BCUT2D eigenvalue weighted by molar-refractivity contribution is 0.421. The molecular weight excluding hydrogens is 158 g/mol. The maximum Gasteiger partial charge on any atom is -0.00204 e. The van der Waals surface area contributed by atoms with Crippen molar-refractivity contribution in [2.45, 2.75) is 51.4 Å². The minimum atomic E-state index is 1.00. The van der Waals surface area contributed by atoms with Gasteiger partial charge in [0.05, 0.1) is 0 Å². The van der Waals surface area contributed by atoms with Crippen LogP contribution in [0.5, 0.6) is 0 Å². The molecule has 0 amide bonds. The van der Waals surface area contributed by atoms with E-state index in [1.165, 1.54) is 64.5 Å². The summed E-state index contributed by atoms with van der Waals surface area (Å²) in [6.45, 7) is 2.60. The Hall–Kier alpha value is -0.0400. The Morgan fingerprint density at radius 2 is 1.23 bits per heavy atom.